The molecule has 0 saturated carbocycles. The Balaban J connectivity index is 1.39. The Morgan fingerprint density at radius 3 is 2.55 bits per heavy atom. The molecule has 2 aliphatic rings. The van der Waals surface area contributed by atoms with Gasteiger partial charge in [0, 0.05) is 85.3 Å². The van der Waals surface area contributed by atoms with Gasteiger partial charge >= 0.3 is 0 Å². The molecule has 2 aromatic carbocycles. The predicted octanol–water partition coefficient (Wildman–Crippen LogP) is 5.10. The number of nitrogens with zero attached hydrogens (tertiary/aromatic N) is 6. The second-order valence-electron chi connectivity index (χ2n) is 11.4. The van der Waals surface area contributed by atoms with Gasteiger partial charge in [0.15, 0.2) is 0 Å². The molecule has 0 unspecified atom stereocenters. The van der Waals surface area contributed by atoms with Crippen molar-refractivity contribution in [1.82, 2.24) is 24.3 Å². The van der Waals surface area contributed by atoms with E-state index in [2.05, 4.69) is 46.2 Å². The number of piperidine rings is 1. The van der Waals surface area contributed by atoms with Crippen LogP contribution in [-0.4, -0.2) is 76.6 Å². The highest BCUT2D eigenvalue weighted by molar-refractivity contribution is 6.33. The van der Waals surface area contributed by atoms with Gasteiger partial charge in [-0.2, -0.15) is 4.98 Å². The van der Waals surface area contributed by atoms with Crippen molar-refractivity contribution in [3.8, 4) is 11.1 Å². The maximum Gasteiger partial charge on any atom is 0.260 e. The summed E-state index contributed by atoms with van der Waals surface area (Å²) in [4.78, 5) is 42.5. The topological polar surface area (TPSA) is 86.6 Å². The predicted molar refractivity (Wildman–Crippen MR) is 169 cm³/mol. The number of aryl methyl sites for hydroxylation is 1. The molecule has 10 heteroatoms. The minimum Gasteiger partial charge on any atom is -0.369 e. The van der Waals surface area contributed by atoms with Crippen molar-refractivity contribution in [2.75, 3.05) is 56.5 Å². The largest absolute Gasteiger partial charge is 0.369 e. The molecule has 0 aliphatic carbocycles. The van der Waals surface area contributed by atoms with Crippen LogP contribution in [0.15, 0.2) is 59.5 Å². The first-order valence-corrected chi connectivity index (χ1v) is 14.9. The normalized spacial score (nSPS) is 18.0. The van der Waals surface area contributed by atoms with E-state index >= 15 is 0 Å². The quantitative estimate of drug-likeness (QED) is 0.349. The second-order valence-corrected chi connectivity index (χ2v) is 11.8. The molecule has 42 heavy (non-hydrogen) atoms. The molecule has 2 fully saturated rings. The number of aromatic nitrogens is 3. The number of nitrogens with one attached hydrogen (secondary N) is 1. The number of fused-ring (bicyclic) bond motifs is 1. The summed E-state index contributed by atoms with van der Waals surface area (Å²) in [6, 6.07) is 15.3. The first-order chi connectivity index (χ1) is 20.3. The van der Waals surface area contributed by atoms with E-state index in [-0.39, 0.29) is 17.5 Å². The van der Waals surface area contributed by atoms with Crippen molar-refractivity contribution in [3.63, 3.8) is 0 Å². The highest BCUT2D eigenvalue weighted by Crippen LogP contribution is 2.31. The lowest BCUT2D eigenvalue weighted by Crippen LogP contribution is -2.44. The molecular weight excluding hydrogens is 550 g/mol. The van der Waals surface area contributed by atoms with Gasteiger partial charge in [-0.3, -0.25) is 14.2 Å². The number of likely N-dealkylation sites (tertiary alicyclic amines) is 1. The Kier molecular flexibility index (Phi) is 7.88. The van der Waals surface area contributed by atoms with Gasteiger partial charge in [-0.15, -0.1) is 0 Å². The lowest BCUT2D eigenvalue weighted by atomic mass is 10.0. The number of piperazine rings is 1. The molecule has 0 spiro atoms. The number of pyridine rings is 1. The van der Waals surface area contributed by atoms with E-state index in [1.165, 1.54) is 11.3 Å². The van der Waals surface area contributed by atoms with Crippen LogP contribution in [0.25, 0.3) is 22.2 Å². The summed E-state index contributed by atoms with van der Waals surface area (Å²) in [5.74, 6) is 0.416. The van der Waals surface area contributed by atoms with E-state index in [4.69, 9.17) is 16.6 Å². The molecule has 4 heterocycles. The number of amides is 1. The van der Waals surface area contributed by atoms with Crippen LogP contribution in [0.4, 0.5) is 17.3 Å². The molecule has 4 aromatic rings. The molecule has 0 radical (unpaired) electrons. The molecule has 2 aliphatic heterocycles. The Bertz CT molecular complexity index is 1700. The minimum absolute atomic E-state index is 0.00619. The van der Waals surface area contributed by atoms with Crippen LogP contribution < -0.4 is 15.8 Å². The number of hydrogen-bond acceptors (Lipinski definition) is 7. The number of halogens is 1. The summed E-state index contributed by atoms with van der Waals surface area (Å²) in [6.07, 6.45) is 3.33. The van der Waals surface area contributed by atoms with Crippen LogP contribution in [0.2, 0.25) is 5.02 Å². The van der Waals surface area contributed by atoms with Crippen LogP contribution in [-0.2, 0) is 4.79 Å². The van der Waals surface area contributed by atoms with Gasteiger partial charge in [-0.1, -0.05) is 29.8 Å². The zero-order chi connectivity index (χ0) is 29.4. The van der Waals surface area contributed by atoms with Crippen LogP contribution in [0.5, 0.6) is 0 Å². The number of carbonyl (C=O) groups excluding carboxylic acids is 1. The number of hydrogen-bond donors (Lipinski definition) is 1. The van der Waals surface area contributed by atoms with Gasteiger partial charge in [-0.05, 0) is 62.7 Å². The van der Waals surface area contributed by atoms with Gasteiger partial charge in [0.25, 0.3) is 5.56 Å². The van der Waals surface area contributed by atoms with Gasteiger partial charge in [-0.25, -0.2) is 4.98 Å². The maximum absolute atomic E-state index is 14.1. The van der Waals surface area contributed by atoms with E-state index < -0.39 is 0 Å². The van der Waals surface area contributed by atoms with Crippen molar-refractivity contribution in [2.45, 2.75) is 32.7 Å². The fourth-order valence-corrected chi connectivity index (χ4v) is 6.35. The molecule has 2 aromatic heterocycles. The molecule has 1 N–H and O–H groups in total. The summed E-state index contributed by atoms with van der Waals surface area (Å²) in [5.41, 5.74) is 4.81. The maximum atomic E-state index is 14.1. The second kappa shape index (κ2) is 11.7. The lowest BCUT2D eigenvalue weighted by Gasteiger charge is -2.35. The minimum atomic E-state index is -0.215. The van der Waals surface area contributed by atoms with Crippen LogP contribution >= 0.6 is 11.6 Å². The van der Waals surface area contributed by atoms with Crippen molar-refractivity contribution in [3.05, 3.63) is 75.7 Å². The smallest absolute Gasteiger partial charge is 0.260 e. The van der Waals surface area contributed by atoms with Crippen LogP contribution in [0.3, 0.4) is 0 Å². The van der Waals surface area contributed by atoms with Crippen LogP contribution in [0, 0.1) is 6.92 Å². The van der Waals surface area contributed by atoms with E-state index in [1.807, 2.05) is 30.3 Å². The molecule has 218 valence electrons. The third-order valence-corrected chi connectivity index (χ3v) is 8.77. The van der Waals surface area contributed by atoms with E-state index in [9.17, 15) is 9.59 Å². The van der Waals surface area contributed by atoms with Crippen molar-refractivity contribution < 1.29 is 4.79 Å². The third-order valence-electron chi connectivity index (χ3n) is 8.44. The molecule has 1 atom stereocenters. The first-order valence-electron chi connectivity index (χ1n) is 14.5. The van der Waals surface area contributed by atoms with Crippen molar-refractivity contribution >= 4 is 45.9 Å². The molecule has 6 rings (SSSR count). The summed E-state index contributed by atoms with van der Waals surface area (Å²) in [6.45, 7) is 8.96. The standard InChI is InChI=1S/C32H36ClN7O2/c1-21-17-24(10-11-29(21)38-15-13-37(3)14-16-38)35-32-34-19-23-18-27(26-8-4-5-9-28(26)33)31(42)40(30(23)36-32)25-7-6-12-39(20-25)22(2)41/h4-5,8-11,17-19,25H,6-7,12-16,20H2,1-3H3,(H,34,35,36)/t25-/m0/s1. The molecule has 2 saturated heterocycles. The fourth-order valence-electron chi connectivity index (χ4n) is 6.11. The number of rotatable bonds is 5. The van der Waals surface area contributed by atoms with Crippen LogP contribution in [0.1, 0.15) is 31.4 Å². The summed E-state index contributed by atoms with van der Waals surface area (Å²) in [7, 11) is 2.16. The Morgan fingerprint density at radius 2 is 1.81 bits per heavy atom. The first kappa shape index (κ1) is 28.2. The number of benzene rings is 2. The number of carbonyl (C=O) groups is 1. The summed E-state index contributed by atoms with van der Waals surface area (Å²) >= 11 is 6.53. The highest BCUT2D eigenvalue weighted by atomic mass is 35.5. The lowest BCUT2D eigenvalue weighted by molar-refractivity contribution is -0.130. The average Bonchev–Trinajstić information content (AvgIpc) is 2.98. The Hall–Kier alpha value is -3.95. The van der Waals surface area contributed by atoms with E-state index in [0.717, 1.165) is 50.1 Å². The highest BCUT2D eigenvalue weighted by Gasteiger charge is 2.27. The molecule has 1 amide bonds. The molecule has 9 nitrogen and oxygen atoms in total. The Labute approximate surface area is 250 Å². The van der Waals surface area contributed by atoms with Gasteiger partial charge in [0.1, 0.15) is 5.65 Å². The van der Waals surface area contributed by atoms with E-state index in [0.29, 0.717) is 40.8 Å². The zero-order valence-corrected chi connectivity index (χ0v) is 25.1. The average molecular weight is 586 g/mol. The monoisotopic (exact) mass is 585 g/mol. The number of likely N-dealkylation sites (N-methyl/N-ethyl adjacent to an activating group) is 1. The van der Waals surface area contributed by atoms with Crippen molar-refractivity contribution in [2.24, 2.45) is 0 Å². The zero-order valence-electron chi connectivity index (χ0n) is 24.3. The number of anilines is 3. The van der Waals surface area contributed by atoms with Gasteiger partial charge in [0.2, 0.25) is 11.9 Å². The molecular formula is C32H36ClN7O2. The fraction of sp³-hybridized carbons (Fsp3) is 0.375. The van der Waals surface area contributed by atoms with Gasteiger partial charge in [0.05, 0.1) is 6.04 Å². The van der Waals surface area contributed by atoms with Gasteiger partial charge < -0.3 is 20.0 Å². The van der Waals surface area contributed by atoms with Crippen molar-refractivity contribution in [1.29, 1.82) is 0 Å². The van der Waals surface area contributed by atoms with E-state index in [1.54, 1.807) is 28.7 Å². The molecule has 0 bridgehead atoms. The Morgan fingerprint density at radius 1 is 1.02 bits per heavy atom. The summed E-state index contributed by atoms with van der Waals surface area (Å²) < 4.78 is 1.75. The third kappa shape index (κ3) is 5.58. The SMILES string of the molecule is CC(=O)N1CCC[C@H](n2c(=O)c(-c3ccccc3Cl)cc3cnc(Nc4ccc(N5CCN(C)CC5)c(C)c4)nc32)C1. The summed E-state index contributed by atoms with van der Waals surface area (Å²) in [5, 5.41) is 4.59.